The molecule has 1 aliphatic rings. The van der Waals surface area contributed by atoms with Crippen molar-refractivity contribution in [3.05, 3.63) is 54.3 Å². The molecule has 0 unspecified atom stereocenters. The Balaban J connectivity index is 1.43. The van der Waals surface area contributed by atoms with E-state index in [2.05, 4.69) is 11.0 Å². The van der Waals surface area contributed by atoms with E-state index in [1.807, 2.05) is 23.1 Å². The van der Waals surface area contributed by atoms with E-state index in [1.54, 1.807) is 19.2 Å². The summed E-state index contributed by atoms with van der Waals surface area (Å²) in [6.07, 6.45) is 0.316. The van der Waals surface area contributed by atoms with E-state index in [0.717, 1.165) is 24.5 Å². The van der Waals surface area contributed by atoms with Gasteiger partial charge in [-0.1, -0.05) is 6.07 Å². The zero-order valence-electron chi connectivity index (χ0n) is 14.9. The number of hydrogen-bond acceptors (Lipinski definition) is 4. The molecule has 0 aliphatic carbocycles. The lowest BCUT2D eigenvalue weighted by atomic mass is 10.2. The Morgan fingerprint density at radius 1 is 1.04 bits per heavy atom. The van der Waals surface area contributed by atoms with Crippen LogP contribution in [0.1, 0.15) is 6.42 Å². The molecule has 6 heteroatoms. The molecule has 0 radical (unpaired) electrons. The quantitative estimate of drug-likeness (QED) is 0.796. The van der Waals surface area contributed by atoms with Crippen LogP contribution in [0.5, 0.6) is 11.5 Å². The van der Waals surface area contributed by atoms with Crippen LogP contribution in [0.4, 0.5) is 10.1 Å². The molecular weight excluding hydrogens is 335 g/mol. The molecule has 0 bridgehead atoms. The third-order valence-corrected chi connectivity index (χ3v) is 4.45. The molecule has 2 aromatic rings. The van der Waals surface area contributed by atoms with Gasteiger partial charge in [-0.15, -0.1) is 0 Å². The summed E-state index contributed by atoms with van der Waals surface area (Å²) >= 11 is 0. The molecule has 0 spiro atoms. The van der Waals surface area contributed by atoms with Gasteiger partial charge < -0.3 is 19.3 Å². The highest BCUT2D eigenvalue weighted by atomic mass is 19.1. The number of ether oxygens (including phenoxy) is 2. The second-order valence-corrected chi connectivity index (χ2v) is 6.12. The van der Waals surface area contributed by atoms with Crippen molar-refractivity contribution in [2.24, 2.45) is 0 Å². The van der Waals surface area contributed by atoms with Crippen LogP contribution < -0.4 is 14.4 Å². The van der Waals surface area contributed by atoms with E-state index >= 15 is 0 Å². The molecule has 138 valence electrons. The second kappa shape index (κ2) is 8.56. The molecule has 1 amide bonds. The Labute approximate surface area is 152 Å². The molecule has 0 N–H and O–H groups in total. The summed E-state index contributed by atoms with van der Waals surface area (Å²) in [5, 5.41) is 0. The van der Waals surface area contributed by atoms with Gasteiger partial charge in [-0.3, -0.25) is 4.79 Å². The number of halogens is 1. The smallest absolute Gasteiger partial charge is 0.226 e. The van der Waals surface area contributed by atoms with E-state index in [4.69, 9.17) is 9.47 Å². The zero-order valence-corrected chi connectivity index (χ0v) is 14.9. The van der Waals surface area contributed by atoms with Gasteiger partial charge in [0, 0.05) is 37.9 Å². The SMILES string of the molecule is COc1cccc(N2CCN(C(=O)CCOc3ccc(F)cc3)CC2)c1. The number of hydrogen-bond donors (Lipinski definition) is 0. The molecule has 1 fully saturated rings. The van der Waals surface area contributed by atoms with Gasteiger partial charge in [-0.25, -0.2) is 4.39 Å². The van der Waals surface area contributed by atoms with Gasteiger partial charge in [0.2, 0.25) is 5.91 Å². The number of nitrogens with zero attached hydrogens (tertiary/aromatic N) is 2. The molecular formula is C20H23FN2O3. The van der Waals surface area contributed by atoms with Gasteiger partial charge in [-0.05, 0) is 36.4 Å². The van der Waals surface area contributed by atoms with Crippen molar-refractivity contribution in [3.63, 3.8) is 0 Å². The molecule has 1 heterocycles. The molecule has 0 aromatic heterocycles. The van der Waals surface area contributed by atoms with Crippen molar-refractivity contribution >= 4 is 11.6 Å². The maximum atomic E-state index is 12.8. The molecule has 26 heavy (non-hydrogen) atoms. The van der Waals surface area contributed by atoms with Crippen LogP contribution in [0.25, 0.3) is 0 Å². The van der Waals surface area contributed by atoms with Gasteiger partial charge in [0.1, 0.15) is 17.3 Å². The fraction of sp³-hybridized carbons (Fsp3) is 0.350. The lowest BCUT2D eigenvalue weighted by molar-refractivity contribution is -0.132. The third kappa shape index (κ3) is 4.65. The maximum Gasteiger partial charge on any atom is 0.226 e. The molecule has 1 aliphatic heterocycles. The monoisotopic (exact) mass is 358 g/mol. The number of methoxy groups -OCH3 is 1. The van der Waals surface area contributed by atoms with Gasteiger partial charge in [0.05, 0.1) is 20.1 Å². The summed E-state index contributed by atoms with van der Waals surface area (Å²) in [5.74, 6) is 1.18. The van der Waals surface area contributed by atoms with Crippen LogP contribution in [0.2, 0.25) is 0 Å². The van der Waals surface area contributed by atoms with Crippen LogP contribution in [-0.4, -0.2) is 50.7 Å². The van der Waals surface area contributed by atoms with Gasteiger partial charge in [0.15, 0.2) is 0 Å². The Kier molecular flexibility index (Phi) is 5.94. The van der Waals surface area contributed by atoms with Gasteiger partial charge >= 0.3 is 0 Å². The molecule has 0 atom stereocenters. The predicted octanol–water partition coefficient (Wildman–Crippen LogP) is 2.95. The number of carbonyl (C=O) groups excluding carboxylic acids is 1. The largest absolute Gasteiger partial charge is 0.497 e. The Morgan fingerprint density at radius 2 is 1.77 bits per heavy atom. The van der Waals surface area contributed by atoms with Crippen molar-refractivity contribution in [3.8, 4) is 11.5 Å². The zero-order chi connectivity index (χ0) is 18.4. The minimum atomic E-state index is -0.303. The Morgan fingerprint density at radius 3 is 2.46 bits per heavy atom. The van der Waals surface area contributed by atoms with Crippen LogP contribution in [0.3, 0.4) is 0 Å². The van der Waals surface area contributed by atoms with Crippen LogP contribution in [0, 0.1) is 5.82 Å². The molecule has 5 nitrogen and oxygen atoms in total. The normalized spacial score (nSPS) is 14.2. The van der Waals surface area contributed by atoms with Gasteiger partial charge in [0.25, 0.3) is 0 Å². The highest BCUT2D eigenvalue weighted by Gasteiger charge is 2.21. The van der Waals surface area contributed by atoms with Crippen molar-refractivity contribution in [2.45, 2.75) is 6.42 Å². The standard InChI is InChI=1S/C20H23FN2O3/c1-25-19-4-2-3-17(15-19)22-10-12-23(13-11-22)20(24)9-14-26-18-7-5-16(21)6-8-18/h2-8,15H,9-14H2,1H3. The first-order valence-corrected chi connectivity index (χ1v) is 8.71. The molecule has 2 aromatic carbocycles. The summed E-state index contributed by atoms with van der Waals surface area (Å²) in [4.78, 5) is 16.5. The van der Waals surface area contributed by atoms with E-state index < -0.39 is 0 Å². The minimum absolute atomic E-state index is 0.0809. The second-order valence-electron chi connectivity index (χ2n) is 6.12. The average Bonchev–Trinajstić information content (AvgIpc) is 2.69. The van der Waals surface area contributed by atoms with E-state index in [0.29, 0.717) is 31.9 Å². The number of piperazine rings is 1. The number of amides is 1. The van der Waals surface area contributed by atoms with Crippen molar-refractivity contribution < 1.29 is 18.7 Å². The average molecular weight is 358 g/mol. The first kappa shape index (κ1) is 18.0. The minimum Gasteiger partial charge on any atom is -0.497 e. The third-order valence-electron chi connectivity index (χ3n) is 4.45. The van der Waals surface area contributed by atoms with E-state index in [1.165, 1.54) is 12.1 Å². The van der Waals surface area contributed by atoms with E-state index in [9.17, 15) is 9.18 Å². The van der Waals surface area contributed by atoms with Gasteiger partial charge in [-0.2, -0.15) is 0 Å². The Bertz CT molecular complexity index is 728. The summed E-state index contributed by atoms with van der Waals surface area (Å²) in [6, 6.07) is 13.8. The van der Waals surface area contributed by atoms with Crippen molar-refractivity contribution in [1.82, 2.24) is 4.90 Å². The fourth-order valence-electron chi connectivity index (χ4n) is 2.97. The van der Waals surface area contributed by atoms with Crippen molar-refractivity contribution in [2.75, 3.05) is 44.8 Å². The lowest BCUT2D eigenvalue weighted by Crippen LogP contribution is -2.49. The topological polar surface area (TPSA) is 42.0 Å². The Hall–Kier alpha value is -2.76. The number of anilines is 1. The van der Waals surface area contributed by atoms with Crippen molar-refractivity contribution in [1.29, 1.82) is 0 Å². The fourth-order valence-corrected chi connectivity index (χ4v) is 2.97. The van der Waals surface area contributed by atoms with Crippen LogP contribution >= 0.6 is 0 Å². The molecule has 0 saturated carbocycles. The molecule has 1 saturated heterocycles. The number of carbonyl (C=O) groups is 1. The lowest BCUT2D eigenvalue weighted by Gasteiger charge is -2.36. The summed E-state index contributed by atoms with van der Waals surface area (Å²) in [7, 11) is 1.66. The van der Waals surface area contributed by atoms with E-state index in [-0.39, 0.29) is 11.7 Å². The highest BCUT2D eigenvalue weighted by Crippen LogP contribution is 2.22. The summed E-state index contributed by atoms with van der Waals surface area (Å²) in [6.45, 7) is 3.25. The first-order chi connectivity index (χ1) is 12.7. The highest BCUT2D eigenvalue weighted by molar-refractivity contribution is 5.76. The first-order valence-electron chi connectivity index (χ1n) is 8.71. The van der Waals surface area contributed by atoms with Crippen LogP contribution in [-0.2, 0) is 4.79 Å². The maximum absolute atomic E-state index is 12.8. The van der Waals surface area contributed by atoms with Crippen LogP contribution in [0.15, 0.2) is 48.5 Å². The molecule has 3 rings (SSSR count). The number of rotatable bonds is 6. The number of benzene rings is 2. The summed E-state index contributed by atoms with van der Waals surface area (Å²) < 4.78 is 23.6. The predicted molar refractivity (Wildman–Crippen MR) is 98.3 cm³/mol. The summed E-state index contributed by atoms with van der Waals surface area (Å²) in [5.41, 5.74) is 1.11.